The van der Waals surface area contributed by atoms with Gasteiger partial charge in [-0.1, -0.05) is 33.8 Å². The second-order valence-corrected chi connectivity index (χ2v) is 12.9. The van der Waals surface area contributed by atoms with E-state index in [2.05, 4.69) is 27.4 Å². The summed E-state index contributed by atoms with van der Waals surface area (Å²) in [6, 6.07) is 3.91. The third-order valence-corrected chi connectivity index (χ3v) is 11.1. The van der Waals surface area contributed by atoms with Gasteiger partial charge in [-0.3, -0.25) is 9.59 Å². The number of nitrogens with zero attached hydrogens (tertiary/aromatic N) is 1. The van der Waals surface area contributed by atoms with Crippen molar-refractivity contribution in [3.05, 3.63) is 37.2 Å². The van der Waals surface area contributed by atoms with E-state index in [4.69, 9.17) is 9.47 Å². The molecule has 0 aliphatic heterocycles. The number of carbonyl (C=O) groups excluding carboxylic acids is 2. The lowest BCUT2D eigenvalue weighted by Crippen LogP contribution is -3.00. The number of thioether (sulfide) groups is 1. The number of carbonyl (C=O) groups is 2. The maximum atomic E-state index is 13.5. The van der Waals surface area contributed by atoms with Crippen LogP contribution in [0.1, 0.15) is 59.8 Å². The first-order valence-electron chi connectivity index (χ1n) is 13.2. The van der Waals surface area contributed by atoms with Crippen molar-refractivity contribution < 1.29 is 52.7 Å². The first-order chi connectivity index (χ1) is 17.0. The molecule has 0 saturated heterocycles. The molecule has 1 heterocycles. The zero-order chi connectivity index (χ0) is 26.3. The van der Waals surface area contributed by atoms with Crippen LogP contribution in [0.3, 0.4) is 0 Å². The highest BCUT2D eigenvalue weighted by molar-refractivity contribution is 8.00. The van der Waals surface area contributed by atoms with Crippen LogP contribution in [0.4, 0.5) is 0 Å². The first kappa shape index (κ1) is 30.6. The van der Waals surface area contributed by atoms with Gasteiger partial charge in [0.05, 0.1) is 11.9 Å². The molecule has 8 heteroatoms. The van der Waals surface area contributed by atoms with Gasteiger partial charge in [0.25, 0.3) is 6.73 Å². The number of ketones is 1. The number of hydrogen-bond donors (Lipinski definition) is 1. The maximum absolute atomic E-state index is 13.5. The predicted molar refractivity (Wildman–Crippen MR) is 139 cm³/mol. The van der Waals surface area contributed by atoms with Crippen molar-refractivity contribution in [3.8, 4) is 0 Å². The molecular formula is C29H42INO5S. The van der Waals surface area contributed by atoms with Crippen molar-refractivity contribution in [2.24, 2.45) is 34.0 Å². The Bertz CT molecular complexity index is 1000. The Morgan fingerprint density at radius 2 is 1.95 bits per heavy atom. The quantitative estimate of drug-likeness (QED) is 0.160. The molecule has 0 aromatic carbocycles. The molecule has 0 spiro atoms. The van der Waals surface area contributed by atoms with Crippen LogP contribution in [0.25, 0.3) is 0 Å². The number of aliphatic hydroxyl groups excluding tert-OH is 1. The minimum absolute atomic E-state index is 0. The fourth-order valence-electron chi connectivity index (χ4n) is 7.61. The van der Waals surface area contributed by atoms with Gasteiger partial charge in [-0.05, 0) is 42.9 Å². The SMILES string of the molecule is C=C[C@]1(C)C[C@@H](OC(=O)CSc2cc[n+](COC)cc2)[C@]2(C)[C@H](C)CC[C@]3(CCC(=O)[C@H]32)[C@@H](C)[C@@H]1O.[I-]. The Balaban J connectivity index is 0.00000380. The summed E-state index contributed by atoms with van der Waals surface area (Å²) < 4.78 is 13.4. The summed E-state index contributed by atoms with van der Waals surface area (Å²) in [6.07, 6.45) is 8.25. The molecule has 3 aliphatic carbocycles. The van der Waals surface area contributed by atoms with Crippen molar-refractivity contribution >= 4 is 23.5 Å². The third-order valence-electron chi connectivity index (χ3n) is 10.1. The van der Waals surface area contributed by atoms with E-state index in [0.717, 1.165) is 24.2 Å². The average molecular weight is 644 g/mol. The van der Waals surface area contributed by atoms with Crippen LogP contribution in [0.2, 0.25) is 0 Å². The second-order valence-electron chi connectivity index (χ2n) is 11.8. The number of Topliss-reactive ketones (excluding diaryl/α,β-unsaturated/α-hetero) is 1. The normalized spacial score (nSPS) is 39.1. The molecule has 3 fully saturated rings. The van der Waals surface area contributed by atoms with Crippen LogP contribution >= 0.6 is 11.8 Å². The van der Waals surface area contributed by atoms with E-state index >= 15 is 0 Å². The Morgan fingerprint density at radius 1 is 1.27 bits per heavy atom. The van der Waals surface area contributed by atoms with Gasteiger partial charge >= 0.3 is 5.97 Å². The largest absolute Gasteiger partial charge is 1.00 e. The van der Waals surface area contributed by atoms with Crippen molar-refractivity contribution in [1.29, 1.82) is 0 Å². The van der Waals surface area contributed by atoms with E-state index in [9.17, 15) is 14.7 Å². The van der Waals surface area contributed by atoms with Gasteiger partial charge in [-0.25, -0.2) is 0 Å². The molecule has 1 aromatic rings. The smallest absolute Gasteiger partial charge is 0.316 e. The number of esters is 1. The average Bonchev–Trinajstić information content (AvgIpc) is 3.22. The van der Waals surface area contributed by atoms with Crippen LogP contribution in [0, 0.1) is 34.0 Å². The van der Waals surface area contributed by atoms with Gasteiger partial charge in [-0.15, -0.1) is 18.3 Å². The first-order valence-corrected chi connectivity index (χ1v) is 14.1. The fraction of sp³-hybridized carbons (Fsp3) is 0.690. The number of aliphatic hydroxyl groups is 1. The third kappa shape index (κ3) is 5.29. The van der Waals surface area contributed by atoms with Crippen molar-refractivity contribution in [2.45, 2.75) is 83.6 Å². The lowest BCUT2D eigenvalue weighted by molar-refractivity contribution is -0.731. The lowest BCUT2D eigenvalue weighted by atomic mass is 9.44. The number of halogens is 1. The standard InChI is InChI=1S/C29H42NO5S.HI/c1-7-27(4)16-23(35-24(32)17-36-21-10-14-30(15-11-21)18-34-6)28(5)19(2)8-12-29(20(3)26(27)33)13-9-22(31)25(28)29;/h7,10-11,14-15,19-20,23,25-26,33H,1,8-9,12-13,16-18H2,2-6H3;1H/q+1;/p-1/t19-,20+,23-,25+,26+,27-,28+,29+;/m1./s1. The fourth-order valence-corrected chi connectivity index (χ4v) is 8.28. The number of ether oxygens (including phenoxy) is 2. The van der Waals surface area contributed by atoms with E-state index in [1.165, 1.54) is 11.8 Å². The number of pyridine rings is 1. The van der Waals surface area contributed by atoms with E-state index in [-0.39, 0.29) is 64.7 Å². The van der Waals surface area contributed by atoms with Crippen molar-refractivity contribution in [1.82, 2.24) is 0 Å². The molecule has 37 heavy (non-hydrogen) atoms. The summed E-state index contributed by atoms with van der Waals surface area (Å²) in [5.74, 6) is 0.157. The van der Waals surface area contributed by atoms with Gasteiger partial charge in [-0.2, -0.15) is 4.57 Å². The molecular weight excluding hydrogens is 601 g/mol. The van der Waals surface area contributed by atoms with E-state index < -0.39 is 23.0 Å². The monoisotopic (exact) mass is 643 g/mol. The van der Waals surface area contributed by atoms with Crippen molar-refractivity contribution in [2.75, 3.05) is 12.9 Å². The topological polar surface area (TPSA) is 76.7 Å². The Hall–Kier alpha value is -0.970. The number of rotatable bonds is 7. The molecule has 0 unspecified atom stereocenters. The minimum atomic E-state index is -0.653. The lowest BCUT2D eigenvalue weighted by Gasteiger charge is -2.61. The molecule has 1 N–H and O–H groups in total. The van der Waals surface area contributed by atoms with E-state index in [1.807, 2.05) is 42.1 Å². The summed E-state index contributed by atoms with van der Waals surface area (Å²) in [6.45, 7) is 13.1. The van der Waals surface area contributed by atoms with Gasteiger partial charge < -0.3 is 38.6 Å². The molecule has 0 radical (unpaired) electrons. The zero-order valence-electron chi connectivity index (χ0n) is 22.7. The van der Waals surface area contributed by atoms with Crippen LogP contribution in [-0.2, 0) is 25.8 Å². The molecule has 3 saturated carbocycles. The second kappa shape index (κ2) is 11.6. The summed E-state index contributed by atoms with van der Waals surface area (Å²) >= 11 is 1.44. The summed E-state index contributed by atoms with van der Waals surface area (Å²) in [4.78, 5) is 27.7. The van der Waals surface area contributed by atoms with Gasteiger partial charge in [0.1, 0.15) is 11.9 Å². The summed E-state index contributed by atoms with van der Waals surface area (Å²) in [5.41, 5.74) is -1.36. The van der Waals surface area contributed by atoms with Crippen LogP contribution in [0.5, 0.6) is 0 Å². The number of methoxy groups -OCH3 is 1. The molecule has 1 aromatic heterocycles. The molecule has 3 aliphatic rings. The number of aromatic nitrogens is 1. The Morgan fingerprint density at radius 3 is 2.57 bits per heavy atom. The molecule has 2 bridgehead atoms. The highest BCUT2D eigenvalue weighted by atomic mass is 127. The molecule has 6 nitrogen and oxygen atoms in total. The summed E-state index contributed by atoms with van der Waals surface area (Å²) in [7, 11) is 1.65. The highest BCUT2D eigenvalue weighted by Crippen LogP contribution is 2.68. The predicted octanol–water partition coefficient (Wildman–Crippen LogP) is 1.58. The van der Waals surface area contributed by atoms with Crippen molar-refractivity contribution in [3.63, 3.8) is 0 Å². The number of hydrogen-bond acceptors (Lipinski definition) is 6. The molecule has 206 valence electrons. The van der Waals surface area contributed by atoms with E-state index in [0.29, 0.717) is 19.6 Å². The van der Waals surface area contributed by atoms with E-state index in [1.54, 1.807) is 7.11 Å². The molecule has 4 rings (SSSR count). The molecule has 0 amide bonds. The Labute approximate surface area is 243 Å². The zero-order valence-corrected chi connectivity index (χ0v) is 25.7. The van der Waals surface area contributed by atoms with Gasteiger partial charge in [0, 0.05) is 47.3 Å². The van der Waals surface area contributed by atoms with Gasteiger partial charge in [0.15, 0.2) is 12.4 Å². The van der Waals surface area contributed by atoms with Gasteiger partial charge in [0.2, 0.25) is 0 Å². The Kier molecular flexibility index (Phi) is 9.62. The van der Waals surface area contributed by atoms with Crippen LogP contribution < -0.4 is 28.5 Å². The van der Waals surface area contributed by atoms with Crippen LogP contribution in [0.15, 0.2) is 42.1 Å². The molecule has 8 atom stereocenters. The minimum Gasteiger partial charge on any atom is -1.00 e. The van der Waals surface area contributed by atoms with Crippen LogP contribution in [-0.4, -0.2) is 41.9 Å². The highest BCUT2D eigenvalue weighted by Gasteiger charge is 2.68. The summed E-state index contributed by atoms with van der Waals surface area (Å²) in [5, 5.41) is 11.6. The maximum Gasteiger partial charge on any atom is 0.316 e.